The van der Waals surface area contributed by atoms with Crippen LogP contribution in [0.25, 0.3) is 0 Å². The molecule has 1 rings (SSSR count). The van der Waals surface area contributed by atoms with Crippen LogP contribution in [0.15, 0.2) is 24.3 Å². The lowest BCUT2D eigenvalue weighted by Crippen LogP contribution is -2.43. The molecule has 0 heterocycles. The van der Waals surface area contributed by atoms with Crippen LogP contribution in [-0.4, -0.2) is 25.0 Å². The number of rotatable bonds is 4. The molecule has 0 radical (unpaired) electrons. The number of hydrogen-bond donors (Lipinski definition) is 2. The first-order chi connectivity index (χ1) is 8.45. The maximum Gasteiger partial charge on any atom is 0.328 e. The van der Waals surface area contributed by atoms with Crippen LogP contribution < -0.4 is 11.1 Å². The standard InChI is InChI=1S/C13H18N2O3.ClH/c1-8-4-6-10(7-5-8)11(14)12(16)15-9(2)13(17)18-3;/h4-7,9,11H,14H2,1-3H3,(H,15,16);1H. The predicted octanol–water partition coefficient (Wildman–Crippen LogP) is 1.09. The Morgan fingerprint density at radius 3 is 2.26 bits per heavy atom. The van der Waals surface area contributed by atoms with Gasteiger partial charge >= 0.3 is 5.97 Å². The lowest BCUT2D eigenvalue weighted by Gasteiger charge is -2.16. The fourth-order valence-corrected chi connectivity index (χ4v) is 1.46. The smallest absolute Gasteiger partial charge is 0.328 e. The van der Waals surface area contributed by atoms with E-state index in [1.165, 1.54) is 7.11 Å². The van der Waals surface area contributed by atoms with Gasteiger partial charge in [0.05, 0.1) is 7.11 Å². The van der Waals surface area contributed by atoms with Gasteiger partial charge in [-0.25, -0.2) is 4.79 Å². The molecule has 0 spiro atoms. The van der Waals surface area contributed by atoms with Gasteiger partial charge in [0, 0.05) is 0 Å². The Morgan fingerprint density at radius 2 is 1.79 bits per heavy atom. The Bertz CT molecular complexity index is 434. The van der Waals surface area contributed by atoms with E-state index in [0.29, 0.717) is 5.56 Å². The summed E-state index contributed by atoms with van der Waals surface area (Å²) in [5.41, 5.74) is 7.61. The Hall–Kier alpha value is -1.59. The zero-order valence-electron chi connectivity index (χ0n) is 11.2. The predicted molar refractivity (Wildman–Crippen MR) is 75.0 cm³/mol. The Balaban J connectivity index is 0.00000324. The topological polar surface area (TPSA) is 81.4 Å². The molecule has 2 unspecified atom stereocenters. The van der Waals surface area contributed by atoms with E-state index in [4.69, 9.17) is 5.73 Å². The molecular weight excluding hydrogens is 268 g/mol. The quantitative estimate of drug-likeness (QED) is 0.812. The molecule has 1 amide bonds. The van der Waals surface area contributed by atoms with Crippen molar-refractivity contribution >= 4 is 24.3 Å². The Kier molecular flexibility index (Phi) is 7.11. The number of nitrogens with one attached hydrogen (secondary N) is 1. The summed E-state index contributed by atoms with van der Waals surface area (Å²) in [6, 6.07) is 5.85. The first-order valence-corrected chi connectivity index (χ1v) is 5.66. The van der Waals surface area contributed by atoms with Crippen molar-refractivity contribution in [3.63, 3.8) is 0 Å². The molecule has 5 nitrogen and oxygen atoms in total. The van der Waals surface area contributed by atoms with Gasteiger partial charge in [0.25, 0.3) is 0 Å². The minimum atomic E-state index is -0.794. The molecule has 0 saturated heterocycles. The van der Waals surface area contributed by atoms with Gasteiger partial charge in [-0.3, -0.25) is 4.79 Å². The molecule has 1 aromatic rings. The van der Waals surface area contributed by atoms with Gasteiger partial charge in [0.15, 0.2) is 0 Å². The second-order valence-corrected chi connectivity index (χ2v) is 4.14. The van der Waals surface area contributed by atoms with Crippen LogP contribution in [0.4, 0.5) is 0 Å². The molecule has 0 aromatic heterocycles. The maximum atomic E-state index is 11.8. The second-order valence-electron chi connectivity index (χ2n) is 4.14. The van der Waals surface area contributed by atoms with Crippen LogP contribution in [-0.2, 0) is 14.3 Å². The number of ether oxygens (including phenoxy) is 1. The third-order valence-corrected chi connectivity index (χ3v) is 2.63. The maximum absolute atomic E-state index is 11.8. The lowest BCUT2D eigenvalue weighted by atomic mass is 10.1. The Morgan fingerprint density at radius 1 is 1.26 bits per heavy atom. The fourth-order valence-electron chi connectivity index (χ4n) is 1.46. The number of hydrogen-bond acceptors (Lipinski definition) is 4. The summed E-state index contributed by atoms with van der Waals surface area (Å²) in [5.74, 6) is -0.906. The highest BCUT2D eigenvalue weighted by Crippen LogP contribution is 2.11. The van der Waals surface area contributed by atoms with Gasteiger partial charge in [-0.05, 0) is 19.4 Å². The molecule has 6 heteroatoms. The van der Waals surface area contributed by atoms with E-state index in [-0.39, 0.29) is 12.4 Å². The van der Waals surface area contributed by atoms with Gasteiger partial charge in [0.2, 0.25) is 5.91 Å². The molecule has 19 heavy (non-hydrogen) atoms. The molecule has 0 bridgehead atoms. The van der Waals surface area contributed by atoms with Gasteiger partial charge < -0.3 is 15.8 Å². The number of benzene rings is 1. The van der Waals surface area contributed by atoms with Crippen LogP contribution in [0.1, 0.15) is 24.1 Å². The summed E-state index contributed by atoms with van der Waals surface area (Å²) >= 11 is 0. The molecule has 2 atom stereocenters. The Labute approximate surface area is 118 Å². The van der Waals surface area contributed by atoms with Crippen molar-refractivity contribution in [1.82, 2.24) is 5.32 Å². The van der Waals surface area contributed by atoms with Crippen LogP contribution in [0.5, 0.6) is 0 Å². The fraction of sp³-hybridized carbons (Fsp3) is 0.385. The number of nitrogens with two attached hydrogens (primary N) is 1. The van der Waals surface area contributed by atoms with E-state index >= 15 is 0 Å². The number of esters is 1. The minimum absolute atomic E-state index is 0. The van der Waals surface area contributed by atoms with Crippen molar-refractivity contribution in [3.05, 3.63) is 35.4 Å². The molecule has 0 saturated carbocycles. The number of methoxy groups -OCH3 is 1. The third-order valence-electron chi connectivity index (χ3n) is 2.63. The molecule has 3 N–H and O–H groups in total. The number of aryl methyl sites for hydroxylation is 1. The number of carbonyl (C=O) groups is 2. The lowest BCUT2D eigenvalue weighted by molar-refractivity contribution is -0.144. The first kappa shape index (κ1) is 17.4. The van der Waals surface area contributed by atoms with Crippen LogP contribution in [0.2, 0.25) is 0 Å². The molecular formula is C13H19ClN2O3. The highest BCUT2D eigenvalue weighted by molar-refractivity contribution is 5.87. The largest absolute Gasteiger partial charge is 0.467 e. The molecule has 0 aliphatic heterocycles. The van der Waals surface area contributed by atoms with E-state index in [2.05, 4.69) is 10.1 Å². The van der Waals surface area contributed by atoms with Crippen molar-refractivity contribution in [1.29, 1.82) is 0 Å². The summed E-state index contributed by atoms with van der Waals surface area (Å²) < 4.78 is 4.52. The van der Waals surface area contributed by atoms with Crippen LogP contribution in [0, 0.1) is 6.92 Å². The first-order valence-electron chi connectivity index (χ1n) is 5.66. The van der Waals surface area contributed by atoms with Crippen molar-refractivity contribution in [2.45, 2.75) is 25.9 Å². The summed E-state index contributed by atoms with van der Waals surface area (Å²) in [6.07, 6.45) is 0. The monoisotopic (exact) mass is 286 g/mol. The van der Waals surface area contributed by atoms with Crippen molar-refractivity contribution < 1.29 is 14.3 Å². The zero-order valence-corrected chi connectivity index (χ0v) is 12.0. The van der Waals surface area contributed by atoms with Gasteiger partial charge in [-0.15, -0.1) is 12.4 Å². The van der Waals surface area contributed by atoms with Crippen molar-refractivity contribution in [2.75, 3.05) is 7.11 Å². The molecule has 0 aliphatic carbocycles. The van der Waals surface area contributed by atoms with Gasteiger partial charge in [-0.1, -0.05) is 29.8 Å². The van der Waals surface area contributed by atoms with E-state index in [1.54, 1.807) is 19.1 Å². The van der Waals surface area contributed by atoms with Gasteiger partial charge in [-0.2, -0.15) is 0 Å². The molecule has 1 aromatic carbocycles. The van der Waals surface area contributed by atoms with Crippen LogP contribution in [0.3, 0.4) is 0 Å². The van der Waals surface area contributed by atoms with E-state index in [0.717, 1.165) is 5.56 Å². The molecule has 106 valence electrons. The van der Waals surface area contributed by atoms with Crippen molar-refractivity contribution in [3.8, 4) is 0 Å². The third kappa shape index (κ3) is 4.89. The summed E-state index contributed by atoms with van der Waals surface area (Å²) in [7, 11) is 1.27. The SMILES string of the molecule is COC(=O)C(C)NC(=O)C(N)c1ccc(C)cc1.Cl. The summed E-state index contributed by atoms with van der Waals surface area (Å²) in [4.78, 5) is 23.0. The summed E-state index contributed by atoms with van der Waals surface area (Å²) in [5, 5.41) is 2.50. The number of carbonyl (C=O) groups excluding carboxylic acids is 2. The highest BCUT2D eigenvalue weighted by atomic mass is 35.5. The average molecular weight is 287 g/mol. The minimum Gasteiger partial charge on any atom is -0.467 e. The summed E-state index contributed by atoms with van der Waals surface area (Å²) in [6.45, 7) is 3.50. The zero-order chi connectivity index (χ0) is 13.7. The molecule has 0 aliphatic rings. The normalized spacial score (nSPS) is 12.8. The van der Waals surface area contributed by atoms with E-state index in [9.17, 15) is 9.59 Å². The highest BCUT2D eigenvalue weighted by Gasteiger charge is 2.21. The van der Waals surface area contributed by atoms with E-state index < -0.39 is 24.0 Å². The number of halogens is 1. The van der Waals surface area contributed by atoms with Gasteiger partial charge in [0.1, 0.15) is 12.1 Å². The second kappa shape index (κ2) is 7.76. The van der Waals surface area contributed by atoms with Crippen LogP contribution >= 0.6 is 12.4 Å². The average Bonchev–Trinajstić information content (AvgIpc) is 2.37. The number of amides is 1. The van der Waals surface area contributed by atoms with E-state index in [1.807, 2.05) is 19.1 Å². The molecule has 0 fully saturated rings. The van der Waals surface area contributed by atoms with Crippen molar-refractivity contribution in [2.24, 2.45) is 5.73 Å².